The maximum absolute atomic E-state index is 12.7. The summed E-state index contributed by atoms with van der Waals surface area (Å²) in [5.41, 5.74) is 6.87. The number of nitrogens with zero attached hydrogens (tertiary/aromatic N) is 1. The highest BCUT2D eigenvalue weighted by Gasteiger charge is 2.28. The number of aromatic nitrogens is 2. The summed E-state index contributed by atoms with van der Waals surface area (Å²) in [5, 5.41) is 14.5. The van der Waals surface area contributed by atoms with Crippen molar-refractivity contribution in [1.29, 1.82) is 0 Å². The van der Waals surface area contributed by atoms with Crippen molar-refractivity contribution in [2.24, 2.45) is 5.73 Å². The average molecular weight is 373 g/mol. The Morgan fingerprint density at radius 1 is 1.11 bits per heavy atom. The van der Waals surface area contributed by atoms with Gasteiger partial charge in [-0.25, -0.2) is 9.78 Å². The number of amides is 2. The number of aliphatic carboxylic acids is 1. The minimum Gasteiger partial charge on any atom is -0.480 e. The fourth-order valence-corrected chi connectivity index (χ4v) is 2.45. The predicted octanol–water partition coefficient (Wildman–Crippen LogP) is -0.404. The SMILES string of the molecule is CC(N)C(=O)NC(Cc1c[nH]cn1)C(=O)NC(Cc1ccccc1)C(=O)O. The Kier molecular flexibility index (Phi) is 7.07. The largest absolute Gasteiger partial charge is 0.480 e. The Hall–Kier alpha value is -3.20. The van der Waals surface area contributed by atoms with Gasteiger partial charge in [-0.05, 0) is 12.5 Å². The number of H-pyrrole nitrogens is 1. The maximum Gasteiger partial charge on any atom is 0.326 e. The zero-order valence-electron chi connectivity index (χ0n) is 14.9. The molecule has 0 aliphatic carbocycles. The number of carbonyl (C=O) groups excluding carboxylic acids is 2. The van der Waals surface area contributed by atoms with Crippen LogP contribution in [-0.2, 0) is 27.2 Å². The zero-order chi connectivity index (χ0) is 19.8. The summed E-state index contributed by atoms with van der Waals surface area (Å²) >= 11 is 0. The van der Waals surface area contributed by atoms with Gasteiger partial charge in [-0.1, -0.05) is 30.3 Å². The molecule has 9 heteroatoms. The van der Waals surface area contributed by atoms with Crippen LogP contribution < -0.4 is 16.4 Å². The molecule has 2 rings (SSSR count). The van der Waals surface area contributed by atoms with Crippen LogP contribution in [0.5, 0.6) is 0 Å². The summed E-state index contributed by atoms with van der Waals surface area (Å²) in [6, 6.07) is 6.03. The Morgan fingerprint density at radius 3 is 2.33 bits per heavy atom. The lowest BCUT2D eigenvalue weighted by atomic mass is 10.0. The molecule has 1 aromatic carbocycles. The predicted molar refractivity (Wildman–Crippen MR) is 97.6 cm³/mol. The summed E-state index contributed by atoms with van der Waals surface area (Å²) < 4.78 is 0. The van der Waals surface area contributed by atoms with Crippen molar-refractivity contribution in [2.45, 2.75) is 37.9 Å². The average Bonchev–Trinajstić information content (AvgIpc) is 3.14. The van der Waals surface area contributed by atoms with Gasteiger partial charge in [0.2, 0.25) is 11.8 Å². The lowest BCUT2D eigenvalue weighted by Crippen LogP contribution is -2.55. The molecule has 2 aromatic rings. The van der Waals surface area contributed by atoms with E-state index in [9.17, 15) is 19.5 Å². The van der Waals surface area contributed by atoms with E-state index in [2.05, 4.69) is 20.6 Å². The first-order chi connectivity index (χ1) is 12.9. The minimum absolute atomic E-state index is 0.103. The summed E-state index contributed by atoms with van der Waals surface area (Å²) in [5.74, 6) is -2.29. The van der Waals surface area contributed by atoms with Gasteiger partial charge in [0.15, 0.2) is 0 Å². The molecule has 9 nitrogen and oxygen atoms in total. The molecule has 0 saturated carbocycles. The molecular formula is C18H23N5O4. The fourth-order valence-electron chi connectivity index (χ4n) is 2.45. The number of benzene rings is 1. The van der Waals surface area contributed by atoms with Gasteiger partial charge >= 0.3 is 5.97 Å². The first kappa shape index (κ1) is 20.1. The van der Waals surface area contributed by atoms with Crippen LogP contribution in [0.4, 0.5) is 0 Å². The van der Waals surface area contributed by atoms with Crippen LogP contribution in [0.3, 0.4) is 0 Å². The number of nitrogens with one attached hydrogen (secondary N) is 3. The number of imidazole rings is 1. The van der Waals surface area contributed by atoms with Crippen LogP contribution in [0.25, 0.3) is 0 Å². The number of carbonyl (C=O) groups is 3. The zero-order valence-corrected chi connectivity index (χ0v) is 14.9. The van der Waals surface area contributed by atoms with E-state index in [1.807, 2.05) is 6.07 Å². The molecule has 27 heavy (non-hydrogen) atoms. The monoisotopic (exact) mass is 373 g/mol. The number of carboxylic acids is 1. The molecule has 0 aliphatic heterocycles. The normalized spacial score (nSPS) is 14.0. The quantitative estimate of drug-likeness (QED) is 0.403. The molecule has 144 valence electrons. The first-order valence-electron chi connectivity index (χ1n) is 8.47. The topological polar surface area (TPSA) is 150 Å². The summed E-state index contributed by atoms with van der Waals surface area (Å²) in [7, 11) is 0. The highest BCUT2D eigenvalue weighted by Crippen LogP contribution is 2.05. The highest BCUT2D eigenvalue weighted by molar-refractivity contribution is 5.91. The number of nitrogens with two attached hydrogens (primary N) is 1. The van der Waals surface area contributed by atoms with E-state index in [0.29, 0.717) is 5.69 Å². The van der Waals surface area contributed by atoms with Crippen LogP contribution in [0.15, 0.2) is 42.9 Å². The van der Waals surface area contributed by atoms with E-state index >= 15 is 0 Å². The molecule has 0 saturated heterocycles. The van der Waals surface area contributed by atoms with Crippen molar-refractivity contribution in [3.63, 3.8) is 0 Å². The van der Waals surface area contributed by atoms with E-state index in [1.54, 1.807) is 30.5 Å². The molecule has 1 heterocycles. The maximum atomic E-state index is 12.7. The van der Waals surface area contributed by atoms with Crippen molar-refractivity contribution in [1.82, 2.24) is 20.6 Å². The lowest BCUT2D eigenvalue weighted by molar-refractivity contribution is -0.142. The van der Waals surface area contributed by atoms with Gasteiger partial charge in [-0.15, -0.1) is 0 Å². The second-order valence-corrected chi connectivity index (χ2v) is 6.20. The second kappa shape index (κ2) is 9.48. The van der Waals surface area contributed by atoms with Crippen LogP contribution in [0, 0.1) is 0 Å². The molecule has 2 amide bonds. The van der Waals surface area contributed by atoms with E-state index in [0.717, 1.165) is 5.56 Å². The van der Waals surface area contributed by atoms with Crippen LogP contribution >= 0.6 is 0 Å². The van der Waals surface area contributed by atoms with Crippen molar-refractivity contribution in [3.05, 3.63) is 54.1 Å². The Bertz CT molecular complexity index is 761. The third-order valence-corrected chi connectivity index (χ3v) is 3.91. The van der Waals surface area contributed by atoms with Gasteiger partial charge in [-0.3, -0.25) is 9.59 Å². The molecule has 0 bridgehead atoms. The van der Waals surface area contributed by atoms with Crippen molar-refractivity contribution in [3.8, 4) is 0 Å². The van der Waals surface area contributed by atoms with E-state index in [4.69, 9.17) is 5.73 Å². The summed E-state index contributed by atoms with van der Waals surface area (Å²) in [4.78, 5) is 43.0. The van der Waals surface area contributed by atoms with E-state index in [-0.39, 0.29) is 12.8 Å². The van der Waals surface area contributed by atoms with Gasteiger partial charge in [-0.2, -0.15) is 0 Å². The summed E-state index contributed by atoms with van der Waals surface area (Å²) in [6.07, 6.45) is 3.27. The van der Waals surface area contributed by atoms with Crippen LogP contribution in [0.2, 0.25) is 0 Å². The van der Waals surface area contributed by atoms with Crippen molar-refractivity contribution >= 4 is 17.8 Å². The Labute approximate surface area is 156 Å². The van der Waals surface area contributed by atoms with Gasteiger partial charge in [0, 0.05) is 19.0 Å². The molecule has 0 aliphatic rings. The summed E-state index contributed by atoms with van der Waals surface area (Å²) in [6.45, 7) is 1.49. The number of hydrogen-bond acceptors (Lipinski definition) is 5. The van der Waals surface area contributed by atoms with Gasteiger partial charge in [0.05, 0.1) is 18.1 Å². The lowest BCUT2D eigenvalue weighted by Gasteiger charge is -2.22. The Morgan fingerprint density at radius 2 is 1.78 bits per heavy atom. The highest BCUT2D eigenvalue weighted by atomic mass is 16.4. The van der Waals surface area contributed by atoms with E-state index < -0.39 is 35.9 Å². The van der Waals surface area contributed by atoms with Crippen molar-refractivity contribution < 1.29 is 19.5 Å². The standard InChI is InChI=1S/C18H23N5O4/c1-11(19)16(24)22-14(8-13-9-20-10-21-13)17(25)23-15(18(26)27)7-12-5-3-2-4-6-12/h2-6,9-11,14-15H,7-8,19H2,1H3,(H,20,21)(H,22,24)(H,23,25)(H,26,27). The fraction of sp³-hybridized carbons (Fsp3) is 0.333. The minimum atomic E-state index is -1.16. The third-order valence-electron chi connectivity index (χ3n) is 3.91. The Balaban J connectivity index is 2.11. The smallest absolute Gasteiger partial charge is 0.326 e. The van der Waals surface area contributed by atoms with Gasteiger partial charge in [0.1, 0.15) is 12.1 Å². The number of rotatable bonds is 9. The molecule has 1 aromatic heterocycles. The van der Waals surface area contributed by atoms with Crippen molar-refractivity contribution in [2.75, 3.05) is 0 Å². The number of hydrogen-bond donors (Lipinski definition) is 5. The van der Waals surface area contributed by atoms with E-state index in [1.165, 1.54) is 13.3 Å². The molecular weight excluding hydrogens is 350 g/mol. The molecule has 0 spiro atoms. The molecule has 0 radical (unpaired) electrons. The van der Waals surface area contributed by atoms with Crippen LogP contribution in [-0.4, -0.2) is 51.0 Å². The number of carboxylic acid groups (broad SMARTS) is 1. The number of aromatic amines is 1. The van der Waals surface area contributed by atoms with Crippen LogP contribution in [0.1, 0.15) is 18.2 Å². The first-order valence-corrected chi connectivity index (χ1v) is 8.47. The molecule has 3 atom stereocenters. The van der Waals surface area contributed by atoms with Gasteiger partial charge in [0.25, 0.3) is 0 Å². The molecule has 0 fully saturated rings. The van der Waals surface area contributed by atoms with Gasteiger partial charge < -0.3 is 26.5 Å². The second-order valence-electron chi connectivity index (χ2n) is 6.20. The molecule has 6 N–H and O–H groups in total. The molecule has 3 unspecified atom stereocenters. The third kappa shape index (κ3) is 6.23.